The third-order valence-corrected chi connectivity index (χ3v) is 5.52. The van der Waals surface area contributed by atoms with Crippen LogP contribution >= 0.6 is 0 Å². The Bertz CT molecular complexity index is 771. The maximum Gasteiger partial charge on any atom is 0.322 e. The van der Waals surface area contributed by atoms with Gasteiger partial charge in [-0.1, -0.05) is 12.2 Å². The molecule has 142 valence electrons. The zero-order valence-corrected chi connectivity index (χ0v) is 15.1. The van der Waals surface area contributed by atoms with Crippen LogP contribution in [-0.4, -0.2) is 54.6 Å². The van der Waals surface area contributed by atoms with E-state index in [-0.39, 0.29) is 17.9 Å². The van der Waals surface area contributed by atoms with Gasteiger partial charge in [0.2, 0.25) is 10.0 Å². The van der Waals surface area contributed by atoms with Gasteiger partial charge in [0, 0.05) is 6.54 Å². The highest BCUT2D eigenvalue weighted by molar-refractivity contribution is 7.89. The first-order valence-electron chi connectivity index (χ1n) is 7.54. The summed E-state index contributed by atoms with van der Waals surface area (Å²) in [4.78, 5) is 23.1. The van der Waals surface area contributed by atoms with Gasteiger partial charge in [0.1, 0.15) is 11.8 Å². The summed E-state index contributed by atoms with van der Waals surface area (Å²) in [5, 5.41) is 18.9. The normalized spacial score (nSPS) is 13.6. The van der Waals surface area contributed by atoms with Gasteiger partial charge in [-0.25, -0.2) is 8.42 Å². The SMILES string of the molecule is C=CCC(C(=O)O)C(C(=O)O)N(CC=C)S(=O)(=O)c1ccc(OC)cc1. The van der Waals surface area contributed by atoms with Gasteiger partial charge in [-0.15, -0.1) is 13.2 Å². The molecule has 26 heavy (non-hydrogen) atoms. The van der Waals surface area contributed by atoms with Crippen LogP contribution in [0.5, 0.6) is 5.75 Å². The van der Waals surface area contributed by atoms with Crippen LogP contribution in [0.15, 0.2) is 54.5 Å². The Morgan fingerprint density at radius 2 is 1.73 bits per heavy atom. The van der Waals surface area contributed by atoms with Crippen LogP contribution in [0.2, 0.25) is 0 Å². The van der Waals surface area contributed by atoms with Gasteiger partial charge in [-0.2, -0.15) is 4.31 Å². The van der Waals surface area contributed by atoms with Crippen LogP contribution in [0.4, 0.5) is 0 Å². The van der Waals surface area contributed by atoms with E-state index in [2.05, 4.69) is 13.2 Å². The maximum atomic E-state index is 13.0. The molecule has 2 unspecified atom stereocenters. The fourth-order valence-corrected chi connectivity index (χ4v) is 4.00. The number of nitrogens with zero attached hydrogens (tertiary/aromatic N) is 1. The molecule has 0 heterocycles. The van der Waals surface area contributed by atoms with Crippen molar-refractivity contribution in [1.29, 1.82) is 0 Å². The van der Waals surface area contributed by atoms with E-state index in [0.29, 0.717) is 10.1 Å². The van der Waals surface area contributed by atoms with Crippen LogP contribution in [-0.2, 0) is 19.6 Å². The number of ether oxygens (including phenoxy) is 1. The number of benzene rings is 1. The highest BCUT2D eigenvalue weighted by Crippen LogP contribution is 2.26. The van der Waals surface area contributed by atoms with Gasteiger partial charge in [-0.05, 0) is 30.7 Å². The van der Waals surface area contributed by atoms with Gasteiger partial charge in [0.05, 0.1) is 17.9 Å². The summed E-state index contributed by atoms with van der Waals surface area (Å²) in [5.41, 5.74) is 0. The summed E-state index contributed by atoms with van der Waals surface area (Å²) in [6, 6.07) is 3.51. The van der Waals surface area contributed by atoms with E-state index in [9.17, 15) is 28.2 Å². The number of methoxy groups -OCH3 is 1. The number of rotatable bonds is 11. The van der Waals surface area contributed by atoms with Gasteiger partial charge >= 0.3 is 11.9 Å². The molecule has 1 rings (SSSR count). The van der Waals surface area contributed by atoms with Crippen LogP contribution < -0.4 is 4.74 Å². The Labute approximate surface area is 152 Å². The molecule has 0 aliphatic carbocycles. The molecular formula is C17H21NO7S. The summed E-state index contributed by atoms with van der Waals surface area (Å²) in [7, 11) is -2.88. The monoisotopic (exact) mass is 383 g/mol. The Morgan fingerprint density at radius 3 is 2.12 bits per heavy atom. The molecule has 0 saturated heterocycles. The molecule has 0 spiro atoms. The number of allylic oxidation sites excluding steroid dienone is 1. The van der Waals surface area contributed by atoms with Gasteiger partial charge in [0.25, 0.3) is 0 Å². The van der Waals surface area contributed by atoms with Crippen molar-refractivity contribution in [3.63, 3.8) is 0 Å². The van der Waals surface area contributed by atoms with Crippen LogP contribution in [0.1, 0.15) is 6.42 Å². The highest BCUT2D eigenvalue weighted by atomic mass is 32.2. The molecule has 0 aliphatic rings. The standard InChI is InChI=1S/C17H21NO7S/c1-4-6-14(16(19)20)15(17(21)22)18(11-5-2)26(23,24)13-9-7-12(25-3)8-10-13/h4-5,7-10,14-15H,1-2,6,11H2,3H3,(H,19,20)(H,21,22). The van der Waals surface area contributed by atoms with Crippen molar-refractivity contribution in [1.82, 2.24) is 4.31 Å². The van der Waals surface area contributed by atoms with Crippen molar-refractivity contribution in [3.05, 3.63) is 49.6 Å². The van der Waals surface area contributed by atoms with Gasteiger partial charge in [-0.3, -0.25) is 9.59 Å². The van der Waals surface area contributed by atoms with E-state index in [1.165, 1.54) is 43.5 Å². The van der Waals surface area contributed by atoms with Crippen molar-refractivity contribution >= 4 is 22.0 Å². The fraction of sp³-hybridized carbons (Fsp3) is 0.294. The predicted octanol–water partition coefficient (Wildman–Crippen LogP) is 1.60. The quantitative estimate of drug-likeness (QED) is 0.557. The first-order valence-corrected chi connectivity index (χ1v) is 8.98. The van der Waals surface area contributed by atoms with E-state index in [1.807, 2.05) is 0 Å². The van der Waals surface area contributed by atoms with Gasteiger partial charge in [0.15, 0.2) is 0 Å². The molecule has 0 amide bonds. The summed E-state index contributed by atoms with van der Waals surface area (Å²) in [5.74, 6) is -4.09. The Hall–Kier alpha value is -2.65. The molecule has 0 fully saturated rings. The Morgan fingerprint density at radius 1 is 1.15 bits per heavy atom. The first kappa shape index (κ1) is 21.4. The summed E-state index contributed by atoms with van der Waals surface area (Å²) in [6.45, 7) is 6.48. The fourth-order valence-electron chi connectivity index (χ4n) is 2.41. The third-order valence-electron chi connectivity index (χ3n) is 3.66. The lowest BCUT2D eigenvalue weighted by Crippen LogP contribution is -2.51. The number of carboxylic acids is 2. The van der Waals surface area contributed by atoms with Crippen LogP contribution in [0.3, 0.4) is 0 Å². The minimum Gasteiger partial charge on any atom is -0.497 e. The number of aliphatic carboxylic acids is 2. The van der Waals surface area contributed by atoms with Crippen molar-refractivity contribution in [2.45, 2.75) is 17.4 Å². The minimum absolute atomic E-state index is 0.186. The lowest BCUT2D eigenvalue weighted by Gasteiger charge is -2.30. The average molecular weight is 383 g/mol. The number of carboxylic acid groups (broad SMARTS) is 2. The highest BCUT2D eigenvalue weighted by Gasteiger charge is 2.43. The second-order valence-electron chi connectivity index (χ2n) is 5.29. The topological polar surface area (TPSA) is 121 Å². The Kier molecular flexibility index (Phi) is 7.54. The number of carbonyl (C=O) groups is 2. The molecule has 9 heteroatoms. The van der Waals surface area contributed by atoms with Crippen LogP contribution in [0.25, 0.3) is 0 Å². The largest absolute Gasteiger partial charge is 0.497 e. The molecule has 0 aromatic heterocycles. The molecule has 2 N–H and O–H groups in total. The molecule has 0 aliphatic heterocycles. The first-order chi connectivity index (χ1) is 12.2. The minimum atomic E-state index is -4.30. The van der Waals surface area contributed by atoms with Crippen LogP contribution in [0, 0.1) is 5.92 Å². The van der Waals surface area contributed by atoms with Gasteiger partial charge < -0.3 is 14.9 Å². The van der Waals surface area contributed by atoms with Crippen molar-refractivity contribution < 1.29 is 33.0 Å². The second-order valence-corrected chi connectivity index (χ2v) is 7.18. The molecule has 8 nitrogen and oxygen atoms in total. The predicted molar refractivity (Wildman–Crippen MR) is 94.4 cm³/mol. The number of sulfonamides is 1. The summed E-state index contributed by atoms with van der Waals surface area (Å²) < 4.78 is 31.5. The zero-order chi connectivity index (χ0) is 19.9. The molecule has 0 radical (unpaired) electrons. The average Bonchev–Trinajstić information content (AvgIpc) is 2.60. The Balaban J connectivity index is 3.48. The molecule has 0 saturated carbocycles. The molecule has 2 atom stereocenters. The maximum absolute atomic E-state index is 13.0. The second kappa shape index (κ2) is 9.16. The van der Waals surface area contributed by atoms with E-state index in [0.717, 1.165) is 0 Å². The third kappa shape index (κ3) is 4.70. The van der Waals surface area contributed by atoms with E-state index < -0.39 is 33.9 Å². The molecule has 1 aromatic carbocycles. The van der Waals surface area contributed by atoms with Crippen molar-refractivity contribution in [2.75, 3.05) is 13.7 Å². The molecule has 0 bridgehead atoms. The number of hydrogen-bond donors (Lipinski definition) is 2. The summed E-state index contributed by atoms with van der Waals surface area (Å²) in [6.07, 6.45) is 2.22. The summed E-state index contributed by atoms with van der Waals surface area (Å²) >= 11 is 0. The zero-order valence-electron chi connectivity index (χ0n) is 14.2. The van der Waals surface area contributed by atoms with E-state index in [1.54, 1.807) is 0 Å². The molecule has 1 aromatic rings. The van der Waals surface area contributed by atoms with Crippen molar-refractivity contribution in [3.8, 4) is 5.75 Å². The van der Waals surface area contributed by atoms with Crippen molar-refractivity contribution in [2.24, 2.45) is 5.92 Å². The number of hydrogen-bond acceptors (Lipinski definition) is 5. The smallest absolute Gasteiger partial charge is 0.322 e. The lowest BCUT2D eigenvalue weighted by atomic mass is 9.96. The lowest BCUT2D eigenvalue weighted by molar-refractivity contribution is -0.153. The van der Waals surface area contributed by atoms with E-state index >= 15 is 0 Å². The molecular weight excluding hydrogens is 362 g/mol. The van der Waals surface area contributed by atoms with E-state index in [4.69, 9.17) is 4.74 Å².